The summed E-state index contributed by atoms with van der Waals surface area (Å²) in [5.41, 5.74) is 1.11. The average Bonchev–Trinajstić information content (AvgIpc) is 2.04. The van der Waals surface area contributed by atoms with E-state index in [1.807, 2.05) is 31.3 Å². The molecule has 0 aliphatic heterocycles. The van der Waals surface area contributed by atoms with Gasteiger partial charge in [0.15, 0.2) is 0 Å². The van der Waals surface area contributed by atoms with E-state index in [2.05, 4.69) is 27.8 Å². The van der Waals surface area contributed by atoms with Gasteiger partial charge in [0.2, 0.25) is 0 Å². The van der Waals surface area contributed by atoms with Crippen LogP contribution in [0.5, 0.6) is 0 Å². The molecule has 1 N–H and O–H groups in total. The second-order valence-electron chi connectivity index (χ2n) is 2.70. The van der Waals surface area contributed by atoms with Gasteiger partial charge in [0.1, 0.15) is 0 Å². The first-order valence-electron chi connectivity index (χ1n) is 3.93. The fourth-order valence-electron chi connectivity index (χ4n) is 1.18. The van der Waals surface area contributed by atoms with Crippen LogP contribution in [-0.4, -0.2) is 7.05 Å². The Kier molecular flexibility index (Phi) is 3.97. The maximum absolute atomic E-state index is 5.92. The van der Waals surface area contributed by atoms with Crippen molar-refractivity contribution in [3.8, 4) is 0 Å². The van der Waals surface area contributed by atoms with Crippen LogP contribution < -0.4 is 5.32 Å². The van der Waals surface area contributed by atoms with Gasteiger partial charge in [0.05, 0.1) is 6.04 Å². The second kappa shape index (κ2) is 4.80. The number of hydrogen-bond acceptors (Lipinski definition) is 1. The first-order chi connectivity index (χ1) is 6.17. The van der Waals surface area contributed by atoms with E-state index in [-0.39, 0.29) is 6.04 Å². The molecule has 0 heterocycles. The van der Waals surface area contributed by atoms with Crippen molar-refractivity contribution in [2.75, 3.05) is 7.05 Å². The van der Waals surface area contributed by atoms with Crippen LogP contribution in [0, 0.1) is 0 Å². The SMILES string of the molecule is C=CC(NC)c1cc(Cl)cc(Br)c1. The van der Waals surface area contributed by atoms with Crippen molar-refractivity contribution in [3.05, 3.63) is 45.9 Å². The zero-order valence-corrected chi connectivity index (χ0v) is 9.69. The van der Waals surface area contributed by atoms with Crippen LogP contribution in [-0.2, 0) is 0 Å². The zero-order valence-electron chi connectivity index (χ0n) is 7.35. The van der Waals surface area contributed by atoms with Crippen molar-refractivity contribution in [2.45, 2.75) is 6.04 Å². The molecule has 0 amide bonds. The minimum atomic E-state index is 0.148. The Morgan fingerprint density at radius 3 is 2.69 bits per heavy atom. The van der Waals surface area contributed by atoms with Crippen LogP contribution in [0.3, 0.4) is 0 Å². The fraction of sp³-hybridized carbons (Fsp3) is 0.200. The van der Waals surface area contributed by atoms with E-state index >= 15 is 0 Å². The lowest BCUT2D eigenvalue weighted by molar-refractivity contribution is 0.716. The van der Waals surface area contributed by atoms with E-state index in [9.17, 15) is 0 Å². The van der Waals surface area contributed by atoms with E-state index in [0.717, 1.165) is 15.1 Å². The fourth-order valence-corrected chi connectivity index (χ4v) is 2.06. The van der Waals surface area contributed by atoms with E-state index < -0.39 is 0 Å². The predicted octanol–water partition coefficient (Wildman–Crippen LogP) is 3.55. The maximum atomic E-state index is 5.92. The molecule has 13 heavy (non-hydrogen) atoms. The third kappa shape index (κ3) is 2.83. The Balaban J connectivity index is 3.05. The Morgan fingerprint density at radius 1 is 1.54 bits per heavy atom. The summed E-state index contributed by atoms with van der Waals surface area (Å²) in [6.45, 7) is 3.75. The molecule has 1 rings (SSSR count). The van der Waals surface area contributed by atoms with Gasteiger partial charge in [0, 0.05) is 9.50 Å². The number of likely N-dealkylation sites (N-methyl/N-ethyl adjacent to an activating group) is 1. The number of halogens is 2. The molecule has 0 radical (unpaired) electrons. The summed E-state index contributed by atoms with van der Waals surface area (Å²) in [5.74, 6) is 0. The molecule has 0 bridgehead atoms. The molecule has 1 nitrogen and oxygen atoms in total. The first kappa shape index (κ1) is 10.8. The molecule has 0 fully saturated rings. The van der Waals surface area contributed by atoms with Gasteiger partial charge in [-0.1, -0.05) is 33.6 Å². The Morgan fingerprint density at radius 2 is 2.23 bits per heavy atom. The average molecular weight is 261 g/mol. The van der Waals surface area contributed by atoms with E-state index in [1.54, 1.807) is 0 Å². The summed E-state index contributed by atoms with van der Waals surface area (Å²) in [7, 11) is 1.89. The van der Waals surface area contributed by atoms with Crippen molar-refractivity contribution in [1.29, 1.82) is 0 Å². The molecule has 70 valence electrons. The monoisotopic (exact) mass is 259 g/mol. The predicted molar refractivity (Wildman–Crippen MR) is 61.1 cm³/mol. The smallest absolute Gasteiger partial charge is 0.0502 e. The summed E-state index contributed by atoms with van der Waals surface area (Å²) in [5, 5.41) is 3.85. The highest BCUT2D eigenvalue weighted by molar-refractivity contribution is 9.10. The number of hydrogen-bond donors (Lipinski definition) is 1. The van der Waals surface area contributed by atoms with Crippen LogP contribution in [0.4, 0.5) is 0 Å². The second-order valence-corrected chi connectivity index (χ2v) is 4.06. The Hall–Kier alpha value is -0.310. The van der Waals surface area contributed by atoms with E-state index in [0.29, 0.717) is 0 Å². The number of benzene rings is 1. The topological polar surface area (TPSA) is 12.0 Å². The van der Waals surface area contributed by atoms with Crippen molar-refractivity contribution in [1.82, 2.24) is 5.32 Å². The molecule has 1 atom stereocenters. The van der Waals surface area contributed by atoms with Crippen molar-refractivity contribution in [3.63, 3.8) is 0 Å². The van der Waals surface area contributed by atoms with Gasteiger partial charge in [-0.05, 0) is 30.8 Å². The third-order valence-electron chi connectivity index (χ3n) is 1.79. The maximum Gasteiger partial charge on any atom is 0.0502 e. The molecule has 0 saturated carbocycles. The quantitative estimate of drug-likeness (QED) is 0.820. The minimum absolute atomic E-state index is 0.148. The van der Waals surface area contributed by atoms with E-state index in [1.165, 1.54) is 0 Å². The first-order valence-corrected chi connectivity index (χ1v) is 5.10. The van der Waals surface area contributed by atoms with Gasteiger partial charge in [0.25, 0.3) is 0 Å². The highest BCUT2D eigenvalue weighted by Gasteiger charge is 2.05. The Bertz CT molecular complexity index is 292. The van der Waals surface area contributed by atoms with Gasteiger partial charge in [-0.2, -0.15) is 0 Å². The van der Waals surface area contributed by atoms with Crippen LogP contribution >= 0.6 is 27.5 Å². The van der Waals surface area contributed by atoms with Gasteiger partial charge >= 0.3 is 0 Å². The molecule has 1 unspecified atom stereocenters. The van der Waals surface area contributed by atoms with Crippen LogP contribution in [0.15, 0.2) is 35.3 Å². The van der Waals surface area contributed by atoms with Gasteiger partial charge < -0.3 is 5.32 Å². The molecule has 0 saturated heterocycles. The molecule has 0 aromatic heterocycles. The largest absolute Gasteiger partial charge is 0.310 e. The summed E-state index contributed by atoms with van der Waals surface area (Å²) in [6.07, 6.45) is 1.85. The number of nitrogens with one attached hydrogen (secondary N) is 1. The molecular weight excluding hydrogens is 249 g/mol. The van der Waals surface area contributed by atoms with Gasteiger partial charge in [-0.25, -0.2) is 0 Å². The van der Waals surface area contributed by atoms with E-state index in [4.69, 9.17) is 11.6 Å². The molecular formula is C10H11BrClN. The molecule has 1 aromatic rings. The summed E-state index contributed by atoms with van der Waals surface area (Å²) >= 11 is 9.31. The van der Waals surface area contributed by atoms with Gasteiger partial charge in [-0.3, -0.25) is 0 Å². The summed E-state index contributed by atoms with van der Waals surface area (Å²) < 4.78 is 0.983. The van der Waals surface area contributed by atoms with Crippen molar-refractivity contribution < 1.29 is 0 Å². The lowest BCUT2D eigenvalue weighted by atomic mass is 10.1. The van der Waals surface area contributed by atoms with Crippen LogP contribution in [0.25, 0.3) is 0 Å². The normalized spacial score (nSPS) is 12.5. The zero-order chi connectivity index (χ0) is 9.84. The molecule has 0 spiro atoms. The van der Waals surface area contributed by atoms with Crippen molar-refractivity contribution in [2.24, 2.45) is 0 Å². The summed E-state index contributed by atoms with van der Waals surface area (Å²) in [4.78, 5) is 0. The standard InChI is InChI=1S/C10H11BrClN/c1-3-10(13-2)7-4-8(11)6-9(12)5-7/h3-6,10,13H,1H2,2H3. The van der Waals surface area contributed by atoms with Gasteiger partial charge in [-0.15, -0.1) is 6.58 Å². The molecule has 3 heteroatoms. The molecule has 0 aliphatic carbocycles. The number of rotatable bonds is 3. The molecule has 1 aromatic carbocycles. The highest BCUT2D eigenvalue weighted by atomic mass is 79.9. The van der Waals surface area contributed by atoms with Crippen LogP contribution in [0.1, 0.15) is 11.6 Å². The lowest BCUT2D eigenvalue weighted by Crippen LogP contribution is -2.13. The third-order valence-corrected chi connectivity index (χ3v) is 2.47. The molecule has 0 aliphatic rings. The lowest BCUT2D eigenvalue weighted by Gasteiger charge is -2.12. The summed E-state index contributed by atoms with van der Waals surface area (Å²) in [6, 6.07) is 5.96. The Labute approximate surface area is 91.9 Å². The highest BCUT2D eigenvalue weighted by Crippen LogP contribution is 2.24. The minimum Gasteiger partial charge on any atom is -0.310 e. The van der Waals surface area contributed by atoms with Crippen LogP contribution in [0.2, 0.25) is 5.02 Å². The van der Waals surface area contributed by atoms with Crippen molar-refractivity contribution >= 4 is 27.5 Å².